The van der Waals surface area contributed by atoms with E-state index in [1.54, 1.807) is 0 Å². The predicted molar refractivity (Wildman–Crippen MR) is 77.8 cm³/mol. The van der Waals surface area contributed by atoms with E-state index in [0.717, 1.165) is 42.5 Å². The Morgan fingerprint density at radius 1 is 1.08 bits per heavy atom. The Kier molecular flexibility index (Phi) is 4.78. The molecule has 0 N–H and O–H groups in total. The second-order valence-corrected chi connectivity index (χ2v) is 6.31. The zero-order valence-electron chi connectivity index (χ0n) is 11.9. The van der Waals surface area contributed by atoms with Crippen LogP contribution in [0.25, 0.3) is 0 Å². The molecule has 6 nitrogen and oxygen atoms in total. The minimum atomic E-state index is -4.58. The normalized spacial score (nSPS) is 12.0. The Morgan fingerprint density at radius 2 is 1.71 bits per heavy atom. The van der Waals surface area contributed by atoms with Crippen molar-refractivity contribution in [2.45, 2.75) is 11.9 Å². The average Bonchev–Trinajstić information content (AvgIpc) is 2.46. The van der Waals surface area contributed by atoms with Crippen molar-refractivity contribution in [1.82, 2.24) is 0 Å². The molecule has 0 amide bonds. The van der Waals surface area contributed by atoms with E-state index >= 15 is 0 Å². The topological polar surface area (TPSA) is 86.5 Å². The highest BCUT2D eigenvalue weighted by Gasteiger charge is 2.30. The number of rotatable bonds is 5. The SMILES string of the molecule is O=[N+]([O-])c1ccc(OS(=O)(=O)Cc2cccc(C(F)(F)F)c2)cc1. The Labute approximate surface area is 134 Å². The van der Waals surface area contributed by atoms with E-state index in [0.29, 0.717) is 0 Å². The van der Waals surface area contributed by atoms with E-state index in [4.69, 9.17) is 4.18 Å². The molecular weight excluding hydrogens is 351 g/mol. The Balaban J connectivity index is 2.15. The highest BCUT2D eigenvalue weighted by atomic mass is 32.2. The molecular formula is C14H10F3NO5S. The van der Waals surface area contributed by atoms with Gasteiger partial charge in [0, 0.05) is 12.1 Å². The lowest BCUT2D eigenvalue weighted by atomic mass is 10.1. The highest BCUT2D eigenvalue weighted by molar-refractivity contribution is 7.86. The number of nitro groups is 1. The molecule has 0 bridgehead atoms. The van der Waals surface area contributed by atoms with Gasteiger partial charge in [0.25, 0.3) is 5.69 Å². The summed E-state index contributed by atoms with van der Waals surface area (Å²) in [6, 6.07) is 8.14. The fourth-order valence-electron chi connectivity index (χ4n) is 1.84. The van der Waals surface area contributed by atoms with Gasteiger partial charge in [-0.05, 0) is 23.8 Å². The van der Waals surface area contributed by atoms with Gasteiger partial charge in [-0.2, -0.15) is 21.6 Å². The standard InChI is InChI=1S/C14H10F3NO5S/c15-14(16,17)11-3-1-2-10(8-11)9-24(21,22)23-13-6-4-12(5-7-13)18(19)20/h1-8H,9H2. The first kappa shape index (κ1) is 17.7. The summed E-state index contributed by atoms with van der Waals surface area (Å²) in [4.78, 5) is 9.84. The number of halogens is 3. The van der Waals surface area contributed by atoms with Crippen molar-refractivity contribution >= 4 is 15.8 Å². The molecule has 0 saturated carbocycles. The van der Waals surface area contributed by atoms with Crippen LogP contribution in [0, 0.1) is 10.1 Å². The van der Waals surface area contributed by atoms with Gasteiger partial charge in [-0.1, -0.05) is 18.2 Å². The molecule has 0 spiro atoms. The number of nitro benzene ring substituents is 1. The number of alkyl halides is 3. The van der Waals surface area contributed by atoms with E-state index in [1.807, 2.05) is 0 Å². The predicted octanol–water partition coefficient (Wildman–Crippen LogP) is 3.52. The second-order valence-electron chi connectivity index (χ2n) is 4.73. The Bertz CT molecular complexity index is 847. The van der Waals surface area contributed by atoms with E-state index in [1.165, 1.54) is 6.07 Å². The third-order valence-electron chi connectivity index (χ3n) is 2.87. The average molecular weight is 361 g/mol. The smallest absolute Gasteiger partial charge is 0.382 e. The van der Waals surface area contributed by atoms with Crippen LogP contribution in [0.5, 0.6) is 5.75 Å². The van der Waals surface area contributed by atoms with E-state index in [9.17, 15) is 31.7 Å². The Hall–Kier alpha value is -2.62. The zero-order chi connectivity index (χ0) is 18.0. The monoisotopic (exact) mass is 361 g/mol. The summed E-state index contributed by atoms with van der Waals surface area (Å²) in [5.41, 5.74) is -1.31. The lowest BCUT2D eigenvalue weighted by Gasteiger charge is -2.10. The lowest BCUT2D eigenvalue weighted by Crippen LogP contribution is -2.13. The zero-order valence-corrected chi connectivity index (χ0v) is 12.7. The minimum Gasteiger partial charge on any atom is -0.382 e. The summed E-state index contributed by atoms with van der Waals surface area (Å²) < 4.78 is 66.4. The van der Waals surface area contributed by atoms with Gasteiger partial charge in [-0.15, -0.1) is 0 Å². The summed E-state index contributed by atoms with van der Waals surface area (Å²) in [5, 5.41) is 10.5. The molecule has 0 fully saturated rings. The van der Waals surface area contributed by atoms with Crippen LogP contribution in [0.15, 0.2) is 48.5 Å². The van der Waals surface area contributed by atoms with Crippen LogP contribution < -0.4 is 4.18 Å². The minimum absolute atomic E-state index is 0.0910. The van der Waals surface area contributed by atoms with E-state index in [-0.39, 0.29) is 17.0 Å². The largest absolute Gasteiger partial charge is 0.416 e. The molecule has 2 aromatic carbocycles. The molecule has 0 radical (unpaired) electrons. The number of benzene rings is 2. The van der Waals surface area contributed by atoms with Crippen LogP contribution in [-0.2, 0) is 22.0 Å². The van der Waals surface area contributed by atoms with Gasteiger partial charge in [0.2, 0.25) is 0 Å². The molecule has 0 aliphatic heterocycles. The van der Waals surface area contributed by atoms with Crippen molar-refractivity contribution in [2.75, 3.05) is 0 Å². The maximum Gasteiger partial charge on any atom is 0.416 e. The molecule has 10 heteroatoms. The fraction of sp³-hybridized carbons (Fsp3) is 0.143. The molecule has 128 valence electrons. The van der Waals surface area contributed by atoms with Crippen LogP contribution in [0.2, 0.25) is 0 Å². The van der Waals surface area contributed by atoms with Gasteiger partial charge in [-0.3, -0.25) is 10.1 Å². The quantitative estimate of drug-likeness (QED) is 0.462. The van der Waals surface area contributed by atoms with Gasteiger partial charge < -0.3 is 4.18 Å². The maximum atomic E-state index is 12.6. The molecule has 0 aliphatic rings. The van der Waals surface area contributed by atoms with E-state index < -0.39 is 32.5 Å². The first-order valence-corrected chi connectivity index (χ1v) is 7.97. The van der Waals surface area contributed by atoms with Crippen molar-refractivity contribution in [2.24, 2.45) is 0 Å². The first-order valence-electron chi connectivity index (χ1n) is 6.39. The van der Waals surface area contributed by atoms with Crippen LogP contribution in [0.3, 0.4) is 0 Å². The number of nitrogens with zero attached hydrogens (tertiary/aromatic N) is 1. The van der Waals surface area contributed by atoms with Crippen LogP contribution in [-0.4, -0.2) is 13.3 Å². The molecule has 0 aromatic heterocycles. The third-order valence-corrected chi connectivity index (χ3v) is 4.00. The van der Waals surface area contributed by atoms with Crippen LogP contribution in [0.4, 0.5) is 18.9 Å². The lowest BCUT2D eigenvalue weighted by molar-refractivity contribution is -0.384. The molecule has 0 saturated heterocycles. The van der Waals surface area contributed by atoms with Crippen molar-refractivity contribution in [3.05, 3.63) is 69.8 Å². The molecule has 0 aliphatic carbocycles. The molecule has 0 atom stereocenters. The van der Waals surface area contributed by atoms with Crippen molar-refractivity contribution in [1.29, 1.82) is 0 Å². The number of hydrogen-bond acceptors (Lipinski definition) is 5. The van der Waals surface area contributed by atoms with Gasteiger partial charge in [0.05, 0.1) is 10.5 Å². The van der Waals surface area contributed by atoms with Crippen molar-refractivity contribution in [3.8, 4) is 5.75 Å². The first-order chi connectivity index (χ1) is 11.1. The van der Waals surface area contributed by atoms with Gasteiger partial charge >= 0.3 is 16.3 Å². The summed E-state index contributed by atoms with van der Waals surface area (Å²) in [5.74, 6) is -0.943. The highest BCUT2D eigenvalue weighted by Crippen LogP contribution is 2.30. The molecule has 0 unspecified atom stereocenters. The molecule has 0 heterocycles. The molecule has 2 aromatic rings. The second kappa shape index (κ2) is 6.48. The van der Waals surface area contributed by atoms with E-state index in [2.05, 4.69) is 0 Å². The van der Waals surface area contributed by atoms with Gasteiger partial charge in [0.1, 0.15) is 11.5 Å². The van der Waals surface area contributed by atoms with Crippen molar-refractivity contribution < 1.29 is 30.7 Å². The fourth-order valence-corrected chi connectivity index (χ4v) is 2.89. The van der Waals surface area contributed by atoms with Gasteiger partial charge in [-0.25, -0.2) is 0 Å². The van der Waals surface area contributed by atoms with Crippen LogP contribution in [0.1, 0.15) is 11.1 Å². The summed E-state index contributed by atoms with van der Waals surface area (Å²) in [7, 11) is -4.22. The Morgan fingerprint density at radius 3 is 2.25 bits per heavy atom. The maximum absolute atomic E-state index is 12.6. The van der Waals surface area contributed by atoms with Crippen LogP contribution >= 0.6 is 0 Å². The summed E-state index contributed by atoms with van der Waals surface area (Å²) in [6.45, 7) is 0. The number of hydrogen-bond donors (Lipinski definition) is 0. The van der Waals surface area contributed by atoms with Gasteiger partial charge in [0.15, 0.2) is 0 Å². The van der Waals surface area contributed by atoms with Crippen molar-refractivity contribution in [3.63, 3.8) is 0 Å². The third kappa shape index (κ3) is 4.69. The molecule has 24 heavy (non-hydrogen) atoms. The molecule has 2 rings (SSSR count). The number of non-ortho nitro benzene ring substituents is 1. The summed E-state index contributed by atoms with van der Waals surface area (Å²) >= 11 is 0. The summed E-state index contributed by atoms with van der Waals surface area (Å²) in [6.07, 6.45) is -4.58.